The van der Waals surface area contributed by atoms with Gasteiger partial charge >= 0.3 is 0 Å². The Balaban J connectivity index is 2.06. The first-order chi connectivity index (χ1) is 5.80. The van der Waals surface area contributed by atoms with Gasteiger partial charge < -0.3 is 0 Å². The molecule has 0 radical (unpaired) electrons. The highest BCUT2D eigenvalue weighted by molar-refractivity contribution is 5.11. The molecule has 0 heterocycles. The van der Waals surface area contributed by atoms with E-state index in [1.54, 1.807) is 0 Å². The molecule has 0 aromatic carbocycles. The molecule has 0 amide bonds. The normalized spacial score (nSPS) is 41.2. The van der Waals surface area contributed by atoms with Crippen molar-refractivity contribution >= 4 is 0 Å². The van der Waals surface area contributed by atoms with Crippen LogP contribution in [0.25, 0.3) is 0 Å². The van der Waals surface area contributed by atoms with Gasteiger partial charge in [-0.3, -0.25) is 0 Å². The highest BCUT2D eigenvalue weighted by Gasteiger charge is 2.49. The van der Waals surface area contributed by atoms with Crippen LogP contribution in [0.1, 0.15) is 45.4 Å². The molecule has 2 unspecified atom stereocenters. The summed E-state index contributed by atoms with van der Waals surface area (Å²) >= 11 is 0. The molecule has 0 aromatic heterocycles. The quantitative estimate of drug-likeness (QED) is 0.613. The zero-order valence-corrected chi connectivity index (χ0v) is 7.84. The van der Waals surface area contributed by atoms with E-state index in [0.717, 1.165) is 11.8 Å². The van der Waals surface area contributed by atoms with Gasteiger partial charge in [0.1, 0.15) is 0 Å². The third kappa shape index (κ3) is 1.14. The molecule has 2 aliphatic rings. The Bertz CT molecular complexity index is 212. The van der Waals surface area contributed by atoms with Crippen molar-refractivity contribution in [2.45, 2.75) is 45.4 Å². The molecule has 2 aliphatic carbocycles. The van der Waals surface area contributed by atoms with Crippen molar-refractivity contribution < 1.29 is 0 Å². The molecule has 0 aliphatic heterocycles. The van der Waals surface area contributed by atoms with Crippen LogP contribution in [0.2, 0.25) is 0 Å². The van der Waals surface area contributed by atoms with Crippen LogP contribution in [-0.4, -0.2) is 0 Å². The van der Waals surface area contributed by atoms with Gasteiger partial charge in [0, 0.05) is 0 Å². The maximum atomic E-state index is 9.19. The van der Waals surface area contributed by atoms with E-state index in [1.807, 2.05) is 0 Å². The summed E-state index contributed by atoms with van der Waals surface area (Å²) in [5.74, 6) is 1.63. The molecule has 0 spiro atoms. The Kier molecular flexibility index (Phi) is 1.87. The Morgan fingerprint density at radius 1 is 1.42 bits per heavy atom. The summed E-state index contributed by atoms with van der Waals surface area (Å²) in [6.45, 7) is 2.25. The maximum Gasteiger partial charge on any atom is 0.0692 e. The van der Waals surface area contributed by atoms with Crippen LogP contribution in [0.15, 0.2) is 0 Å². The van der Waals surface area contributed by atoms with Crippen LogP contribution in [0.5, 0.6) is 0 Å². The minimum atomic E-state index is 0.126. The van der Waals surface area contributed by atoms with Crippen LogP contribution in [0.3, 0.4) is 0 Å². The second-order valence-electron chi connectivity index (χ2n) is 4.56. The van der Waals surface area contributed by atoms with Crippen LogP contribution < -0.4 is 0 Å². The molecule has 12 heavy (non-hydrogen) atoms. The van der Waals surface area contributed by atoms with E-state index in [2.05, 4.69) is 13.0 Å². The highest BCUT2D eigenvalue weighted by atomic mass is 14.5. The van der Waals surface area contributed by atoms with Crippen molar-refractivity contribution in [2.75, 3.05) is 0 Å². The lowest BCUT2D eigenvalue weighted by Gasteiger charge is -2.19. The number of hydrogen-bond donors (Lipinski definition) is 0. The van der Waals surface area contributed by atoms with Gasteiger partial charge in [0.05, 0.1) is 11.5 Å². The molecule has 1 heteroatoms. The van der Waals surface area contributed by atoms with Crippen LogP contribution in [-0.2, 0) is 0 Å². The van der Waals surface area contributed by atoms with Crippen molar-refractivity contribution in [3.05, 3.63) is 0 Å². The van der Waals surface area contributed by atoms with E-state index in [-0.39, 0.29) is 5.41 Å². The third-order valence-corrected chi connectivity index (χ3v) is 3.81. The van der Waals surface area contributed by atoms with Crippen molar-refractivity contribution in [3.8, 4) is 6.07 Å². The lowest BCUT2D eigenvalue weighted by molar-refractivity contribution is 0.332. The second-order valence-corrected chi connectivity index (χ2v) is 4.56. The molecule has 2 fully saturated rings. The monoisotopic (exact) mass is 163 g/mol. The van der Waals surface area contributed by atoms with Gasteiger partial charge in [0.2, 0.25) is 0 Å². The molecule has 2 atom stereocenters. The van der Waals surface area contributed by atoms with E-state index in [0.29, 0.717) is 0 Å². The SMILES string of the molecule is CCC1CCC(C#N)(C2CC2)C1. The molecule has 2 rings (SSSR count). The van der Waals surface area contributed by atoms with E-state index in [9.17, 15) is 5.26 Å². The summed E-state index contributed by atoms with van der Waals surface area (Å²) in [6.07, 6.45) is 7.61. The van der Waals surface area contributed by atoms with Gasteiger partial charge in [0.15, 0.2) is 0 Å². The van der Waals surface area contributed by atoms with Gasteiger partial charge in [-0.2, -0.15) is 5.26 Å². The fraction of sp³-hybridized carbons (Fsp3) is 0.909. The topological polar surface area (TPSA) is 23.8 Å². The lowest BCUT2D eigenvalue weighted by Crippen LogP contribution is -2.16. The number of hydrogen-bond acceptors (Lipinski definition) is 1. The molecule has 0 bridgehead atoms. The van der Waals surface area contributed by atoms with Crippen LogP contribution in [0, 0.1) is 28.6 Å². The first kappa shape index (κ1) is 8.10. The Hall–Kier alpha value is -0.510. The molecule has 0 N–H and O–H groups in total. The van der Waals surface area contributed by atoms with Crippen molar-refractivity contribution in [3.63, 3.8) is 0 Å². The van der Waals surface area contributed by atoms with E-state index >= 15 is 0 Å². The Labute approximate surface area is 74.8 Å². The zero-order chi connectivity index (χ0) is 8.60. The Morgan fingerprint density at radius 3 is 2.58 bits per heavy atom. The minimum Gasteiger partial charge on any atom is -0.198 e. The predicted octanol–water partition coefficient (Wildman–Crippen LogP) is 3.12. The van der Waals surface area contributed by atoms with E-state index in [4.69, 9.17) is 0 Å². The molecule has 66 valence electrons. The summed E-state index contributed by atoms with van der Waals surface area (Å²) in [4.78, 5) is 0. The molecule has 0 saturated heterocycles. The van der Waals surface area contributed by atoms with Crippen molar-refractivity contribution in [1.82, 2.24) is 0 Å². The standard InChI is InChI=1S/C11H17N/c1-2-9-5-6-11(7-9,8-12)10-3-4-10/h9-10H,2-7H2,1H3. The van der Waals surface area contributed by atoms with Crippen molar-refractivity contribution in [1.29, 1.82) is 5.26 Å². The first-order valence-corrected chi connectivity index (χ1v) is 5.22. The first-order valence-electron chi connectivity index (χ1n) is 5.22. The van der Waals surface area contributed by atoms with E-state index in [1.165, 1.54) is 38.5 Å². The van der Waals surface area contributed by atoms with Gasteiger partial charge in [-0.1, -0.05) is 13.3 Å². The maximum absolute atomic E-state index is 9.19. The van der Waals surface area contributed by atoms with Gasteiger partial charge in [0.25, 0.3) is 0 Å². The average Bonchev–Trinajstić information content (AvgIpc) is 2.87. The van der Waals surface area contributed by atoms with Crippen molar-refractivity contribution in [2.24, 2.45) is 17.3 Å². The second kappa shape index (κ2) is 2.76. The zero-order valence-electron chi connectivity index (χ0n) is 7.84. The van der Waals surface area contributed by atoms with Crippen LogP contribution in [0.4, 0.5) is 0 Å². The molecular formula is C11H17N. The number of nitrogens with zero attached hydrogens (tertiary/aromatic N) is 1. The lowest BCUT2D eigenvalue weighted by atomic mass is 9.81. The summed E-state index contributed by atoms with van der Waals surface area (Å²) in [6, 6.07) is 2.60. The summed E-state index contributed by atoms with van der Waals surface area (Å²) in [5.41, 5.74) is 0.126. The van der Waals surface area contributed by atoms with Gasteiger partial charge in [-0.15, -0.1) is 0 Å². The predicted molar refractivity (Wildman–Crippen MR) is 48.4 cm³/mol. The van der Waals surface area contributed by atoms with Gasteiger partial charge in [-0.05, 0) is 43.9 Å². The summed E-state index contributed by atoms with van der Waals surface area (Å²) in [5, 5.41) is 9.19. The average molecular weight is 163 g/mol. The summed E-state index contributed by atoms with van der Waals surface area (Å²) in [7, 11) is 0. The molecule has 2 saturated carbocycles. The largest absolute Gasteiger partial charge is 0.198 e. The number of rotatable bonds is 2. The Morgan fingerprint density at radius 2 is 2.17 bits per heavy atom. The fourth-order valence-corrected chi connectivity index (χ4v) is 2.73. The fourth-order valence-electron chi connectivity index (χ4n) is 2.73. The smallest absolute Gasteiger partial charge is 0.0692 e. The molecule has 0 aromatic rings. The third-order valence-electron chi connectivity index (χ3n) is 3.81. The van der Waals surface area contributed by atoms with Gasteiger partial charge in [-0.25, -0.2) is 0 Å². The minimum absolute atomic E-state index is 0.126. The van der Waals surface area contributed by atoms with Crippen LogP contribution >= 0.6 is 0 Å². The number of nitriles is 1. The summed E-state index contributed by atoms with van der Waals surface area (Å²) < 4.78 is 0. The molecular weight excluding hydrogens is 146 g/mol. The van der Waals surface area contributed by atoms with E-state index < -0.39 is 0 Å². The molecule has 1 nitrogen and oxygen atoms in total. The highest BCUT2D eigenvalue weighted by Crippen LogP contribution is 2.56.